The Morgan fingerprint density at radius 2 is 2.04 bits per heavy atom. The highest BCUT2D eigenvalue weighted by molar-refractivity contribution is 5.79. The molecule has 0 aromatic carbocycles. The summed E-state index contributed by atoms with van der Waals surface area (Å²) < 4.78 is 0. The highest BCUT2D eigenvalue weighted by atomic mass is 15.3. The molecule has 6 heteroatoms. The van der Waals surface area contributed by atoms with E-state index in [1.165, 1.54) is 13.1 Å². The number of nitrogens with one attached hydrogen (secondary N) is 2. The molecule has 0 amide bonds. The third-order valence-electron chi connectivity index (χ3n) is 4.67. The number of aromatic nitrogens is 1. The van der Waals surface area contributed by atoms with Crippen LogP contribution in [-0.4, -0.2) is 79.6 Å². The van der Waals surface area contributed by atoms with Crippen LogP contribution in [0.3, 0.4) is 0 Å². The van der Waals surface area contributed by atoms with Crippen molar-refractivity contribution in [2.24, 2.45) is 4.99 Å². The van der Waals surface area contributed by atoms with Crippen LogP contribution in [0, 0.1) is 0 Å². The Labute approximate surface area is 146 Å². The van der Waals surface area contributed by atoms with E-state index in [1.54, 1.807) is 0 Å². The van der Waals surface area contributed by atoms with Crippen LogP contribution in [0.4, 0.5) is 0 Å². The van der Waals surface area contributed by atoms with Crippen molar-refractivity contribution in [3.8, 4) is 0 Å². The van der Waals surface area contributed by atoms with E-state index >= 15 is 0 Å². The molecule has 6 nitrogen and oxygen atoms in total. The molecule has 0 saturated carbocycles. The first kappa shape index (κ1) is 18.7. The van der Waals surface area contributed by atoms with Crippen LogP contribution in [0.2, 0.25) is 0 Å². The zero-order valence-electron chi connectivity index (χ0n) is 15.3. The molecule has 1 aliphatic rings. The molecule has 0 bridgehead atoms. The zero-order chi connectivity index (χ0) is 17.2. The van der Waals surface area contributed by atoms with E-state index in [2.05, 4.69) is 50.3 Å². The summed E-state index contributed by atoms with van der Waals surface area (Å²) in [4.78, 5) is 13.7. The molecule has 0 aliphatic carbocycles. The van der Waals surface area contributed by atoms with Crippen molar-refractivity contribution in [2.75, 3.05) is 52.9 Å². The second kappa shape index (κ2) is 10.3. The maximum Gasteiger partial charge on any atom is 0.191 e. The fraction of sp³-hybridized carbons (Fsp3) is 0.667. The summed E-state index contributed by atoms with van der Waals surface area (Å²) in [5, 5.41) is 6.81. The van der Waals surface area contributed by atoms with E-state index < -0.39 is 0 Å². The van der Waals surface area contributed by atoms with Crippen molar-refractivity contribution in [3.05, 3.63) is 30.1 Å². The summed E-state index contributed by atoms with van der Waals surface area (Å²) in [5.74, 6) is 0.866. The number of hydrogen-bond donors (Lipinski definition) is 2. The molecular formula is C18H32N6. The van der Waals surface area contributed by atoms with Gasteiger partial charge >= 0.3 is 0 Å². The summed E-state index contributed by atoms with van der Waals surface area (Å²) in [6.45, 7) is 12.1. The predicted octanol–water partition coefficient (Wildman–Crippen LogP) is 0.815. The van der Waals surface area contributed by atoms with Crippen LogP contribution < -0.4 is 10.6 Å². The lowest BCUT2D eigenvalue weighted by molar-refractivity contribution is 0.107. The Morgan fingerprint density at radius 1 is 1.25 bits per heavy atom. The molecule has 1 atom stereocenters. The van der Waals surface area contributed by atoms with Gasteiger partial charge in [0.15, 0.2) is 5.96 Å². The van der Waals surface area contributed by atoms with Gasteiger partial charge in [0.2, 0.25) is 0 Å². The van der Waals surface area contributed by atoms with Gasteiger partial charge in [-0.3, -0.25) is 14.9 Å². The summed E-state index contributed by atoms with van der Waals surface area (Å²) in [5.41, 5.74) is 1.10. The first-order chi connectivity index (χ1) is 11.7. The van der Waals surface area contributed by atoms with E-state index in [0.29, 0.717) is 6.04 Å². The van der Waals surface area contributed by atoms with Crippen molar-refractivity contribution in [3.63, 3.8) is 0 Å². The Bertz CT molecular complexity index is 482. The average molecular weight is 332 g/mol. The average Bonchev–Trinajstić information content (AvgIpc) is 2.65. The molecular weight excluding hydrogens is 300 g/mol. The molecule has 0 spiro atoms. The van der Waals surface area contributed by atoms with Gasteiger partial charge in [-0.15, -0.1) is 0 Å². The van der Waals surface area contributed by atoms with Gasteiger partial charge in [0.1, 0.15) is 0 Å². The summed E-state index contributed by atoms with van der Waals surface area (Å²) in [7, 11) is 1.82. The quantitative estimate of drug-likeness (QED) is 0.572. The Hall–Kier alpha value is -1.66. The number of nitrogens with zero attached hydrogens (tertiary/aromatic N) is 4. The molecule has 1 aliphatic heterocycles. The predicted molar refractivity (Wildman–Crippen MR) is 100 cm³/mol. The number of guanidine groups is 1. The molecule has 1 saturated heterocycles. The van der Waals surface area contributed by atoms with Crippen molar-refractivity contribution in [1.82, 2.24) is 25.4 Å². The van der Waals surface area contributed by atoms with Crippen molar-refractivity contribution >= 4 is 5.96 Å². The van der Waals surface area contributed by atoms with Gasteiger partial charge in [0, 0.05) is 70.7 Å². The minimum atomic E-state index is 0.512. The summed E-state index contributed by atoms with van der Waals surface area (Å²) in [6, 6.07) is 6.53. The molecule has 1 aromatic rings. The molecule has 24 heavy (non-hydrogen) atoms. The molecule has 134 valence electrons. The second-order valence-electron chi connectivity index (χ2n) is 6.27. The number of hydrogen-bond acceptors (Lipinski definition) is 4. The second-order valence-corrected chi connectivity index (χ2v) is 6.27. The molecule has 1 aromatic heterocycles. The van der Waals surface area contributed by atoms with Crippen LogP contribution in [0.25, 0.3) is 0 Å². The SMILES string of the molecule is CCN1CCN(C(C)CNC(=NC)NCCc2ccccn2)CC1. The van der Waals surface area contributed by atoms with Crippen LogP contribution in [0.15, 0.2) is 29.4 Å². The fourth-order valence-electron chi connectivity index (χ4n) is 2.97. The van der Waals surface area contributed by atoms with Gasteiger partial charge in [-0.1, -0.05) is 13.0 Å². The van der Waals surface area contributed by atoms with Crippen LogP contribution >= 0.6 is 0 Å². The van der Waals surface area contributed by atoms with Crippen LogP contribution in [0.1, 0.15) is 19.5 Å². The van der Waals surface area contributed by atoms with Gasteiger partial charge in [0.05, 0.1) is 0 Å². The lowest BCUT2D eigenvalue weighted by atomic mass is 10.2. The summed E-state index contributed by atoms with van der Waals surface area (Å²) >= 11 is 0. The Balaban J connectivity index is 1.65. The molecule has 2 heterocycles. The third-order valence-corrected chi connectivity index (χ3v) is 4.67. The highest BCUT2D eigenvalue weighted by Gasteiger charge is 2.20. The number of rotatable bonds is 7. The van der Waals surface area contributed by atoms with E-state index in [4.69, 9.17) is 0 Å². The first-order valence-electron chi connectivity index (χ1n) is 9.03. The molecule has 0 radical (unpaired) electrons. The lowest BCUT2D eigenvalue weighted by Gasteiger charge is -2.37. The number of likely N-dealkylation sites (N-methyl/N-ethyl adjacent to an activating group) is 1. The highest BCUT2D eigenvalue weighted by Crippen LogP contribution is 2.05. The standard InChI is InChI=1S/C18H32N6/c1-4-23-11-13-24(14-12-23)16(2)15-22-18(19-3)21-10-8-17-7-5-6-9-20-17/h5-7,9,16H,4,8,10-15H2,1-3H3,(H2,19,21,22). The number of piperazine rings is 1. The monoisotopic (exact) mass is 332 g/mol. The molecule has 1 unspecified atom stereocenters. The maximum atomic E-state index is 4.34. The Morgan fingerprint density at radius 3 is 2.67 bits per heavy atom. The van der Waals surface area contributed by atoms with Gasteiger partial charge in [-0.25, -0.2) is 0 Å². The molecule has 2 rings (SSSR count). The van der Waals surface area contributed by atoms with Crippen LogP contribution in [-0.2, 0) is 6.42 Å². The largest absolute Gasteiger partial charge is 0.356 e. The van der Waals surface area contributed by atoms with Crippen LogP contribution in [0.5, 0.6) is 0 Å². The van der Waals surface area contributed by atoms with Crippen molar-refractivity contribution in [1.29, 1.82) is 0 Å². The summed E-state index contributed by atoms with van der Waals surface area (Å²) in [6.07, 6.45) is 2.73. The lowest BCUT2D eigenvalue weighted by Crippen LogP contribution is -2.53. The van der Waals surface area contributed by atoms with Gasteiger partial charge in [-0.2, -0.15) is 0 Å². The fourth-order valence-corrected chi connectivity index (χ4v) is 2.97. The normalized spacial score (nSPS) is 18.4. The Kier molecular flexibility index (Phi) is 7.98. The smallest absolute Gasteiger partial charge is 0.191 e. The van der Waals surface area contributed by atoms with Crippen molar-refractivity contribution < 1.29 is 0 Å². The molecule has 1 fully saturated rings. The minimum Gasteiger partial charge on any atom is -0.356 e. The van der Waals surface area contributed by atoms with E-state index in [1.807, 2.05) is 25.4 Å². The number of aliphatic imine (C=N–C) groups is 1. The van der Waals surface area contributed by atoms with E-state index in [-0.39, 0.29) is 0 Å². The van der Waals surface area contributed by atoms with E-state index in [0.717, 1.165) is 50.8 Å². The maximum absolute atomic E-state index is 4.34. The topological polar surface area (TPSA) is 55.8 Å². The van der Waals surface area contributed by atoms with E-state index in [9.17, 15) is 0 Å². The minimum absolute atomic E-state index is 0.512. The van der Waals surface area contributed by atoms with Gasteiger partial charge in [0.25, 0.3) is 0 Å². The van der Waals surface area contributed by atoms with Gasteiger partial charge in [-0.05, 0) is 25.6 Å². The van der Waals surface area contributed by atoms with Gasteiger partial charge < -0.3 is 15.5 Å². The van der Waals surface area contributed by atoms with Crippen molar-refractivity contribution in [2.45, 2.75) is 26.3 Å². The molecule has 2 N–H and O–H groups in total. The third kappa shape index (κ3) is 6.09. The first-order valence-corrected chi connectivity index (χ1v) is 9.03. The zero-order valence-corrected chi connectivity index (χ0v) is 15.3. The number of pyridine rings is 1.